The number of hydrogen-bond donors (Lipinski definition) is 1. The van der Waals surface area contributed by atoms with E-state index in [9.17, 15) is 19.1 Å². The van der Waals surface area contributed by atoms with Crippen LogP contribution in [0.4, 0.5) is 4.39 Å². The Morgan fingerprint density at radius 3 is 2.33 bits per heavy atom. The number of ether oxygens (including phenoxy) is 1. The predicted molar refractivity (Wildman–Crippen MR) is 116 cm³/mol. The molecule has 0 radical (unpaired) electrons. The van der Waals surface area contributed by atoms with E-state index in [4.69, 9.17) is 4.74 Å². The Morgan fingerprint density at radius 1 is 1.07 bits per heavy atom. The van der Waals surface area contributed by atoms with Gasteiger partial charge in [0.25, 0.3) is 0 Å². The van der Waals surface area contributed by atoms with E-state index in [2.05, 4.69) is 0 Å². The van der Waals surface area contributed by atoms with Crippen LogP contribution in [0.1, 0.15) is 83.1 Å². The third kappa shape index (κ3) is 5.47. The molecule has 1 atom stereocenters. The van der Waals surface area contributed by atoms with E-state index in [1.54, 1.807) is 19.1 Å². The van der Waals surface area contributed by atoms with Crippen LogP contribution in [-0.2, 0) is 9.53 Å². The van der Waals surface area contributed by atoms with Gasteiger partial charge in [0.05, 0.1) is 6.61 Å². The van der Waals surface area contributed by atoms with Crippen LogP contribution in [0, 0.1) is 26.6 Å². The van der Waals surface area contributed by atoms with E-state index in [-0.39, 0.29) is 23.5 Å². The highest BCUT2D eigenvalue weighted by atomic mass is 19.1. The van der Waals surface area contributed by atoms with Crippen molar-refractivity contribution in [3.63, 3.8) is 0 Å². The molecule has 1 unspecified atom stereocenters. The second-order valence-electron chi connectivity index (χ2n) is 7.68. The van der Waals surface area contributed by atoms with Crippen LogP contribution in [-0.4, -0.2) is 24.0 Å². The molecule has 2 aromatic rings. The van der Waals surface area contributed by atoms with Crippen LogP contribution in [0.15, 0.2) is 24.3 Å². The van der Waals surface area contributed by atoms with Crippen LogP contribution in [0.3, 0.4) is 0 Å². The highest BCUT2D eigenvalue weighted by Crippen LogP contribution is 2.41. The molecule has 0 saturated heterocycles. The highest BCUT2D eigenvalue weighted by Gasteiger charge is 2.24. The van der Waals surface area contributed by atoms with Gasteiger partial charge in [-0.3, -0.25) is 9.59 Å². The summed E-state index contributed by atoms with van der Waals surface area (Å²) in [6.45, 7) is 7.66. The van der Waals surface area contributed by atoms with Crippen LogP contribution in [0.5, 0.6) is 5.75 Å². The van der Waals surface area contributed by atoms with Crippen molar-refractivity contribution < 1.29 is 23.8 Å². The first-order valence-corrected chi connectivity index (χ1v) is 10.5. The van der Waals surface area contributed by atoms with Gasteiger partial charge >= 0.3 is 5.97 Å². The summed E-state index contributed by atoms with van der Waals surface area (Å²) in [6, 6.07) is 6.29. The molecule has 1 N–H and O–H groups in total. The first-order chi connectivity index (χ1) is 14.3. The van der Waals surface area contributed by atoms with Gasteiger partial charge in [-0.05, 0) is 74.9 Å². The van der Waals surface area contributed by atoms with Gasteiger partial charge in [-0.1, -0.05) is 25.0 Å². The molecule has 0 bridgehead atoms. The van der Waals surface area contributed by atoms with Crippen LogP contribution >= 0.6 is 0 Å². The van der Waals surface area contributed by atoms with E-state index in [1.807, 2.05) is 20.8 Å². The lowest BCUT2D eigenvalue weighted by Gasteiger charge is -2.25. The lowest BCUT2D eigenvalue weighted by molar-refractivity contribution is -0.143. The van der Waals surface area contributed by atoms with Gasteiger partial charge < -0.3 is 9.84 Å². The largest absolute Gasteiger partial charge is 0.507 e. The fourth-order valence-electron chi connectivity index (χ4n) is 3.99. The summed E-state index contributed by atoms with van der Waals surface area (Å²) in [5.41, 5.74) is 4.42. The van der Waals surface area contributed by atoms with Gasteiger partial charge in [0.15, 0.2) is 6.29 Å². The monoisotopic (exact) mass is 414 g/mol. The van der Waals surface area contributed by atoms with Crippen LogP contribution in [0.2, 0.25) is 0 Å². The van der Waals surface area contributed by atoms with E-state index in [0.717, 1.165) is 47.8 Å². The molecule has 0 amide bonds. The maximum absolute atomic E-state index is 13.5. The van der Waals surface area contributed by atoms with Gasteiger partial charge in [-0.2, -0.15) is 0 Å². The Bertz CT molecular complexity index is 887. The molecule has 0 aromatic heterocycles. The summed E-state index contributed by atoms with van der Waals surface area (Å²) < 4.78 is 18.5. The zero-order valence-corrected chi connectivity index (χ0v) is 18.3. The number of benzene rings is 2. The number of esters is 1. The fourth-order valence-corrected chi connectivity index (χ4v) is 3.99. The van der Waals surface area contributed by atoms with Crippen molar-refractivity contribution in [2.75, 3.05) is 6.61 Å². The number of aldehydes is 1. The van der Waals surface area contributed by atoms with E-state index in [1.165, 1.54) is 12.1 Å². The first kappa shape index (κ1) is 23.6. The number of unbranched alkanes of at least 4 members (excludes halogenated alkanes) is 2. The fraction of sp³-hybridized carbons (Fsp3) is 0.440. The number of halogens is 1. The number of hydrogen-bond acceptors (Lipinski definition) is 4. The summed E-state index contributed by atoms with van der Waals surface area (Å²) in [5, 5.41) is 10.9. The molecular weight excluding hydrogens is 383 g/mol. The van der Waals surface area contributed by atoms with Gasteiger partial charge in [0.1, 0.15) is 11.6 Å². The van der Waals surface area contributed by atoms with Crippen molar-refractivity contribution >= 4 is 12.3 Å². The van der Waals surface area contributed by atoms with Gasteiger partial charge in [-0.15, -0.1) is 0 Å². The summed E-state index contributed by atoms with van der Waals surface area (Å²) in [7, 11) is 0. The Hall–Kier alpha value is -2.69. The molecule has 2 aromatic carbocycles. The number of phenolic OH excluding ortho intramolecular Hbond substituents is 1. The Labute approximate surface area is 178 Å². The van der Waals surface area contributed by atoms with Crippen molar-refractivity contribution in [3.05, 3.63) is 63.5 Å². The highest BCUT2D eigenvalue weighted by molar-refractivity contribution is 5.82. The number of phenols is 1. The number of carbonyl (C=O) groups is 2. The van der Waals surface area contributed by atoms with Gasteiger partial charge in [-0.25, -0.2) is 4.39 Å². The maximum Gasteiger partial charge on any atom is 0.305 e. The second kappa shape index (κ2) is 10.9. The van der Waals surface area contributed by atoms with Crippen molar-refractivity contribution in [1.29, 1.82) is 0 Å². The molecule has 5 heteroatoms. The summed E-state index contributed by atoms with van der Waals surface area (Å²) in [4.78, 5) is 23.2. The van der Waals surface area contributed by atoms with Crippen molar-refractivity contribution in [2.45, 2.75) is 65.7 Å². The molecule has 0 spiro atoms. The minimum absolute atomic E-state index is 0.175. The molecule has 0 saturated carbocycles. The van der Waals surface area contributed by atoms with Crippen molar-refractivity contribution in [3.8, 4) is 5.75 Å². The molecule has 0 aliphatic rings. The van der Waals surface area contributed by atoms with Crippen molar-refractivity contribution in [2.24, 2.45) is 0 Å². The molecule has 2 rings (SSSR count). The second-order valence-corrected chi connectivity index (χ2v) is 7.68. The standard InChI is InChI=1S/C25H31FO4/c1-5-30-23(28)10-8-6-7-9-21(19-11-13-20(26)14-12-19)24-18(4)22(15-27)16(2)17(3)25(24)29/h11-15,21,29H,5-10H2,1-4H3. The van der Waals surface area contributed by atoms with Gasteiger partial charge in [0.2, 0.25) is 0 Å². The van der Waals surface area contributed by atoms with Crippen LogP contribution in [0.25, 0.3) is 0 Å². The Balaban J connectivity index is 2.32. The SMILES string of the molecule is CCOC(=O)CCCCCC(c1ccc(F)cc1)c1c(C)c(C=O)c(C)c(C)c1O. The summed E-state index contributed by atoms with van der Waals surface area (Å²) in [5.74, 6) is -0.491. The molecule has 0 fully saturated rings. The van der Waals surface area contributed by atoms with Crippen molar-refractivity contribution in [1.82, 2.24) is 0 Å². The zero-order valence-electron chi connectivity index (χ0n) is 18.3. The molecular formula is C25H31FO4. The normalized spacial score (nSPS) is 11.9. The maximum atomic E-state index is 13.5. The average Bonchev–Trinajstić information content (AvgIpc) is 2.72. The third-order valence-corrected chi connectivity index (χ3v) is 5.80. The third-order valence-electron chi connectivity index (χ3n) is 5.80. The predicted octanol–water partition coefficient (Wildman–Crippen LogP) is 5.91. The molecule has 0 aliphatic carbocycles. The number of aromatic hydroxyl groups is 1. The average molecular weight is 415 g/mol. The summed E-state index contributed by atoms with van der Waals surface area (Å²) >= 11 is 0. The quantitative estimate of drug-likeness (QED) is 0.298. The molecule has 0 aliphatic heterocycles. The molecule has 162 valence electrons. The minimum atomic E-state index is -0.318. The summed E-state index contributed by atoms with van der Waals surface area (Å²) in [6.07, 6.45) is 4.32. The molecule has 30 heavy (non-hydrogen) atoms. The zero-order chi connectivity index (χ0) is 22.3. The Morgan fingerprint density at radius 2 is 1.73 bits per heavy atom. The van der Waals surface area contributed by atoms with E-state index < -0.39 is 0 Å². The number of rotatable bonds is 10. The van der Waals surface area contributed by atoms with E-state index in [0.29, 0.717) is 30.6 Å². The smallest absolute Gasteiger partial charge is 0.305 e. The minimum Gasteiger partial charge on any atom is -0.507 e. The first-order valence-electron chi connectivity index (χ1n) is 10.5. The molecule has 0 heterocycles. The Kier molecular flexibility index (Phi) is 8.58. The van der Waals surface area contributed by atoms with Gasteiger partial charge in [0, 0.05) is 23.5 Å². The molecule has 4 nitrogen and oxygen atoms in total. The lowest BCUT2D eigenvalue weighted by atomic mass is 9.80. The number of carbonyl (C=O) groups excluding carboxylic acids is 2. The van der Waals surface area contributed by atoms with E-state index >= 15 is 0 Å². The van der Waals surface area contributed by atoms with Crippen LogP contribution < -0.4 is 0 Å². The lowest BCUT2D eigenvalue weighted by Crippen LogP contribution is -2.09. The topological polar surface area (TPSA) is 63.6 Å².